The zero-order valence-corrected chi connectivity index (χ0v) is 10.9. The van der Waals surface area contributed by atoms with Gasteiger partial charge < -0.3 is 14.8 Å². The maximum atomic E-state index is 5.38. The van der Waals surface area contributed by atoms with Crippen LogP contribution in [0.15, 0.2) is 18.3 Å². The first-order chi connectivity index (χ1) is 8.22. The van der Waals surface area contributed by atoms with Crippen LogP contribution in [0.25, 0.3) is 0 Å². The van der Waals surface area contributed by atoms with Gasteiger partial charge in [0.1, 0.15) is 6.61 Å². The van der Waals surface area contributed by atoms with Crippen molar-refractivity contribution < 1.29 is 9.47 Å². The second kappa shape index (κ2) is 7.90. The highest BCUT2D eigenvalue weighted by Gasteiger charge is 1.97. The van der Waals surface area contributed by atoms with Crippen molar-refractivity contribution in [3.05, 3.63) is 18.3 Å². The minimum Gasteiger partial charge on any atom is -0.475 e. The molecule has 1 aromatic rings. The van der Waals surface area contributed by atoms with Crippen LogP contribution in [0.1, 0.15) is 20.3 Å². The maximum Gasteiger partial charge on any atom is 0.213 e. The molecular weight excluding hydrogens is 216 g/mol. The molecule has 0 aliphatic rings. The van der Waals surface area contributed by atoms with Crippen LogP contribution in [0.3, 0.4) is 0 Å². The van der Waals surface area contributed by atoms with Gasteiger partial charge in [-0.25, -0.2) is 4.98 Å². The Kier molecular flexibility index (Phi) is 6.40. The predicted octanol–water partition coefficient (Wildman–Crippen LogP) is 2.56. The Morgan fingerprint density at radius 2 is 2.12 bits per heavy atom. The van der Waals surface area contributed by atoms with Gasteiger partial charge in [-0.05, 0) is 18.4 Å². The van der Waals surface area contributed by atoms with Crippen LogP contribution in [0.2, 0.25) is 0 Å². The molecule has 0 aromatic carbocycles. The lowest BCUT2D eigenvalue weighted by Crippen LogP contribution is -2.07. The second-order valence-electron chi connectivity index (χ2n) is 4.34. The van der Waals surface area contributed by atoms with Gasteiger partial charge in [0.05, 0.1) is 18.5 Å². The van der Waals surface area contributed by atoms with Gasteiger partial charge in [0.25, 0.3) is 0 Å². The van der Waals surface area contributed by atoms with Crippen LogP contribution in [-0.4, -0.2) is 31.9 Å². The van der Waals surface area contributed by atoms with Crippen molar-refractivity contribution in [3.8, 4) is 5.88 Å². The number of methoxy groups -OCH3 is 1. The standard InChI is InChI=1S/C13H22N2O2/c1-11(2)6-7-14-12-4-5-13(15-10-12)17-9-8-16-3/h4-5,10-11,14H,6-9H2,1-3H3. The largest absolute Gasteiger partial charge is 0.475 e. The number of ether oxygens (including phenoxy) is 2. The number of anilines is 1. The monoisotopic (exact) mass is 238 g/mol. The van der Waals surface area contributed by atoms with Crippen molar-refractivity contribution in [3.63, 3.8) is 0 Å². The summed E-state index contributed by atoms with van der Waals surface area (Å²) >= 11 is 0. The molecule has 0 bridgehead atoms. The van der Waals surface area contributed by atoms with E-state index >= 15 is 0 Å². The Hall–Kier alpha value is -1.29. The molecule has 0 saturated carbocycles. The molecule has 0 fully saturated rings. The molecule has 0 atom stereocenters. The number of nitrogens with zero attached hydrogens (tertiary/aromatic N) is 1. The van der Waals surface area contributed by atoms with E-state index in [1.807, 2.05) is 12.1 Å². The SMILES string of the molecule is COCCOc1ccc(NCCC(C)C)cn1. The Morgan fingerprint density at radius 1 is 1.29 bits per heavy atom. The van der Waals surface area contributed by atoms with E-state index in [-0.39, 0.29) is 0 Å². The van der Waals surface area contributed by atoms with Crippen molar-refractivity contribution in [1.82, 2.24) is 4.98 Å². The third-order valence-electron chi connectivity index (χ3n) is 2.32. The predicted molar refractivity (Wildman–Crippen MR) is 69.6 cm³/mol. The highest BCUT2D eigenvalue weighted by molar-refractivity contribution is 5.41. The summed E-state index contributed by atoms with van der Waals surface area (Å²) in [7, 11) is 1.65. The summed E-state index contributed by atoms with van der Waals surface area (Å²) in [5.41, 5.74) is 1.03. The number of pyridine rings is 1. The third kappa shape index (κ3) is 6.12. The molecular formula is C13H22N2O2. The fourth-order valence-corrected chi connectivity index (χ4v) is 1.30. The van der Waals surface area contributed by atoms with Gasteiger partial charge in [-0.2, -0.15) is 0 Å². The van der Waals surface area contributed by atoms with E-state index in [1.54, 1.807) is 13.3 Å². The topological polar surface area (TPSA) is 43.4 Å². The lowest BCUT2D eigenvalue weighted by atomic mass is 10.1. The molecule has 0 aliphatic carbocycles. The first-order valence-electron chi connectivity index (χ1n) is 6.04. The zero-order chi connectivity index (χ0) is 12.5. The molecule has 0 radical (unpaired) electrons. The van der Waals surface area contributed by atoms with Gasteiger partial charge in [-0.15, -0.1) is 0 Å². The van der Waals surface area contributed by atoms with E-state index in [1.165, 1.54) is 0 Å². The van der Waals surface area contributed by atoms with Crippen LogP contribution >= 0.6 is 0 Å². The first kappa shape index (κ1) is 13.8. The van der Waals surface area contributed by atoms with Crippen LogP contribution < -0.4 is 10.1 Å². The van der Waals surface area contributed by atoms with Gasteiger partial charge in [0, 0.05) is 19.7 Å². The van der Waals surface area contributed by atoms with Crippen molar-refractivity contribution in [2.45, 2.75) is 20.3 Å². The van der Waals surface area contributed by atoms with E-state index in [0.29, 0.717) is 25.0 Å². The van der Waals surface area contributed by atoms with E-state index in [2.05, 4.69) is 24.1 Å². The number of rotatable bonds is 8. The molecule has 0 amide bonds. The van der Waals surface area contributed by atoms with Crippen LogP contribution in [0, 0.1) is 5.92 Å². The highest BCUT2D eigenvalue weighted by atomic mass is 16.5. The van der Waals surface area contributed by atoms with E-state index in [9.17, 15) is 0 Å². The Bertz CT molecular complexity index is 299. The van der Waals surface area contributed by atoms with Crippen molar-refractivity contribution in [1.29, 1.82) is 0 Å². The summed E-state index contributed by atoms with van der Waals surface area (Å²) in [6.07, 6.45) is 2.95. The highest BCUT2D eigenvalue weighted by Crippen LogP contribution is 2.12. The average molecular weight is 238 g/mol. The summed E-state index contributed by atoms with van der Waals surface area (Å²) in [5, 5.41) is 3.33. The molecule has 0 spiro atoms. The summed E-state index contributed by atoms with van der Waals surface area (Å²) < 4.78 is 10.3. The van der Waals surface area contributed by atoms with Gasteiger partial charge in [-0.3, -0.25) is 0 Å². The fraction of sp³-hybridized carbons (Fsp3) is 0.615. The normalized spacial score (nSPS) is 10.6. The second-order valence-corrected chi connectivity index (χ2v) is 4.34. The molecule has 0 aliphatic heterocycles. The third-order valence-corrected chi connectivity index (χ3v) is 2.32. The number of aromatic nitrogens is 1. The molecule has 1 heterocycles. The molecule has 4 nitrogen and oxygen atoms in total. The fourth-order valence-electron chi connectivity index (χ4n) is 1.30. The first-order valence-corrected chi connectivity index (χ1v) is 6.04. The Labute approximate surface area is 103 Å². The van der Waals surface area contributed by atoms with Crippen LogP contribution in [0.4, 0.5) is 5.69 Å². The van der Waals surface area contributed by atoms with Crippen molar-refractivity contribution in [2.24, 2.45) is 5.92 Å². The van der Waals surface area contributed by atoms with Gasteiger partial charge in [-0.1, -0.05) is 13.8 Å². The van der Waals surface area contributed by atoms with E-state index < -0.39 is 0 Å². The minimum absolute atomic E-state index is 0.531. The van der Waals surface area contributed by atoms with E-state index in [4.69, 9.17) is 9.47 Å². The molecule has 1 N–H and O–H groups in total. The summed E-state index contributed by atoms with van der Waals surface area (Å²) in [5.74, 6) is 1.35. The van der Waals surface area contributed by atoms with Crippen LogP contribution in [-0.2, 0) is 4.74 Å². The molecule has 4 heteroatoms. The molecule has 1 rings (SSSR count). The smallest absolute Gasteiger partial charge is 0.213 e. The number of nitrogens with one attached hydrogen (secondary N) is 1. The number of hydrogen-bond acceptors (Lipinski definition) is 4. The van der Waals surface area contributed by atoms with Crippen LogP contribution in [0.5, 0.6) is 5.88 Å². The Balaban J connectivity index is 2.29. The molecule has 0 unspecified atom stereocenters. The van der Waals surface area contributed by atoms with Crippen molar-refractivity contribution in [2.75, 3.05) is 32.2 Å². The number of hydrogen-bond donors (Lipinski definition) is 1. The molecule has 1 aromatic heterocycles. The summed E-state index contributed by atoms with van der Waals surface area (Å²) in [6.45, 7) is 6.52. The molecule has 96 valence electrons. The van der Waals surface area contributed by atoms with Gasteiger partial charge in [0.2, 0.25) is 5.88 Å². The van der Waals surface area contributed by atoms with E-state index in [0.717, 1.165) is 18.7 Å². The summed E-state index contributed by atoms with van der Waals surface area (Å²) in [4.78, 5) is 4.21. The summed E-state index contributed by atoms with van der Waals surface area (Å²) in [6, 6.07) is 3.85. The lowest BCUT2D eigenvalue weighted by Gasteiger charge is -2.09. The molecule has 17 heavy (non-hydrogen) atoms. The minimum atomic E-state index is 0.531. The van der Waals surface area contributed by atoms with Crippen molar-refractivity contribution >= 4 is 5.69 Å². The molecule has 0 saturated heterocycles. The quantitative estimate of drug-likeness (QED) is 0.707. The van der Waals surface area contributed by atoms with Gasteiger partial charge in [0.15, 0.2) is 0 Å². The Morgan fingerprint density at radius 3 is 2.71 bits per heavy atom. The zero-order valence-electron chi connectivity index (χ0n) is 10.9. The maximum absolute atomic E-state index is 5.38. The lowest BCUT2D eigenvalue weighted by molar-refractivity contribution is 0.144. The van der Waals surface area contributed by atoms with Gasteiger partial charge >= 0.3 is 0 Å². The average Bonchev–Trinajstić information content (AvgIpc) is 2.31.